The lowest BCUT2D eigenvalue weighted by Gasteiger charge is -2.18. The molecule has 0 rings (SSSR count). The second-order valence-electron chi connectivity index (χ2n) is 25.6. The third-order valence-corrected chi connectivity index (χ3v) is 17.4. The van der Waals surface area contributed by atoms with Gasteiger partial charge >= 0.3 is 17.9 Å². The molecule has 0 N–H and O–H groups in total. The molecule has 0 radical (unpaired) electrons. The minimum absolute atomic E-state index is 0.0602. The molecule has 6 nitrogen and oxygen atoms in total. The molecule has 1 atom stereocenters. The van der Waals surface area contributed by atoms with E-state index in [4.69, 9.17) is 14.2 Å². The fourth-order valence-electron chi connectivity index (χ4n) is 11.8. The summed E-state index contributed by atoms with van der Waals surface area (Å²) in [5.74, 6) is -0.819. The molecule has 0 fully saturated rings. The largest absolute Gasteiger partial charge is 0.462 e. The van der Waals surface area contributed by atoms with Crippen LogP contribution in [0.1, 0.15) is 438 Å². The van der Waals surface area contributed by atoms with Gasteiger partial charge in [0, 0.05) is 19.3 Å². The van der Waals surface area contributed by atoms with Crippen molar-refractivity contribution in [2.45, 2.75) is 444 Å². The molecule has 476 valence electrons. The molecule has 0 aromatic heterocycles. The van der Waals surface area contributed by atoms with Crippen molar-refractivity contribution in [1.29, 1.82) is 0 Å². The summed E-state index contributed by atoms with van der Waals surface area (Å²) in [6.07, 6.45) is 83.0. The molecule has 0 aliphatic rings. The second-order valence-corrected chi connectivity index (χ2v) is 25.6. The van der Waals surface area contributed by atoms with Crippen molar-refractivity contribution in [1.82, 2.24) is 0 Å². The zero-order valence-corrected chi connectivity index (χ0v) is 54.9. The molecular formula is C74H144O6. The quantitative estimate of drug-likeness (QED) is 0.0343. The lowest BCUT2D eigenvalue weighted by molar-refractivity contribution is -0.167. The van der Waals surface area contributed by atoms with Gasteiger partial charge in [0.2, 0.25) is 0 Å². The summed E-state index contributed by atoms with van der Waals surface area (Å²) in [5.41, 5.74) is 0. The van der Waals surface area contributed by atoms with Crippen LogP contribution in [0.2, 0.25) is 0 Å². The third kappa shape index (κ3) is 67.2. The lowest BCUT2D eigenvalue weighted by Crippen LogP contribution is -2.30. The monoisotopic (exact) mass is 1130 g/mol. The SMILES string of the molecule is CCCCCCCCCCCCCCCCCCCCCCCCCCCCCCC(=O)OCC(COC(=O)CCCCCCCCCCCCCC)OC(=O)CCCCCCCCCCCCCCCCCCCCCCCC. The van der Waals surface area contributed by atoms with Crippen LogP contribution in [0.25, 0.3) is 0 Å². The molecule has 1 unspecified atom stereocenters. The minimum atomic E-state index is -0.763. The molecule has 6 heteroatoms. The van der Waals surface area contributed by atoms with Crippen LogP contribution < -0.4 is 0 Å². The van der Waals surface area contributed by atoms with Crippen molar-refractivity contribution >= 4 is 17.9 Å². The first kappa shape index (κ1) is 78.4. The van der Waals surface area contributed by atoms with Crippen LogP contribution in [0, 0.1) is 0 Å². The number of ether oxygens (including phenoxy) is 3. The van der Waals surface area contributed by atoms with E-state index in [1.54, 1.807) is 0 Å². The standard InChI is InChI=1S/C74H144O6/c1-4-7-10-13-16-19-22-25-27-29-31-33-35-36-37-38-39-40-42-43-45-47-49-52-55-58-61-64-67-73(76)79-70-71(69-78-72(75)66-63-60-57-54-51-24-21-18-15-12-9-6-3)80-74(77)68-65-62-59-56-53-50-48-46-44-41-34-32-30-28-26-23-20-17-14-11-8-5-2/h71H,4-70H2,1-3H3. The molecular weight excluding hydrogens is 985 g/mol. The van der Waals surface area contributed by atoms with E-state index in [9.17, 15) is 14.4 Å². The Kier molecular flexibility index (Phi) is 68.5. The highest BCUT2D eigenvalue weighted by Gasteiger charge is 2.20. The molecule has 0 heterocycles. The van der Waals surface area contributed by atoms with E-state index < -0.39 is 6.10 Å². The van der Waals surface area contributed by atoms with Gasteiger partial charge in [0.05, 0.1) is 0 Å². The zero-order chi connectivity index (χ0) is 57.8. The van der Waals surface area contributed by atoms with Crippen molar-refractivity contribution in [3.05, 3.63) is 0 Å². The highest BCUT2D eigenvalue weighted by molar-refractivity contribution is 5.71. The predicted octanol–water partition coefficient (Wildman–Crippen LogP) is 25.4. The maximum Gasteiger partial charge on any atom is 0.306 e. The minimum Gasteiger partial charge on any atom is -0.462 e. The molecule has 0 amide bonds. The van der Waals surface area contributed by atoms with Crippen LogP contribution in [-0.4, -0.2) is 37.2 Å². The fourth-order valence-corrected chi connectivity index (χ4v) is 11.8. The van der Waals surface area contributed by atoms with Gasteiger partial charge in [-0.1, -0.05) is 400 Å². The number of rotatable bonds is 70. The van der Waals surface area contributed by atoms with Gasteiger partial charge in [-0.15, -0.1) is 0 Å². The van der Waals surface area contributed by atoms with Crippen LogP contribution >= 0.6 is 0 Å². The summed E-state index contributed by atoms with van der Waals surface area (Å²) in [6, 6.07) is 0. The topological polar surface area (TPSA) is 78.9 Å². The smallest absolute Gasteiger partial charge is 0.306 e. The summed E-state index contributed by atoms with van der Waals surface area (Å²) in [7, 11) is 0. The number of carbonyl (C=O) groups excluding carboxylic acids is 3. The van der Waals surface area contributed by atoms with Crippen molar-refractivity contribution in [3.63, 3.8) is 0 Å². The first-order valence-corrected chi connectivity index (χ1v) is 37.0. The van der Waals surface area contributed by atoms with Crippen LogP contribution in [0.4, 0.5) is 0 Å². The molecule has 0 aromatic rings. The van der Waals surface area contributed by atoms with Crippen molar-refractivity contribution in [3.8, 4) is 0 Å². The molecule has 0 aromatic carbocycles. The number of carbonyl (C=O) groups is 3. The molecule has 0 bridgehead atoms. The normalized spacial score (nSPS) is 11.9. The summed E-state index contributed by atoms with van der Waals surface area (Å²) >= 11 is 0. The van der Waals surface area contributed by atoms with Crippen LogP contribution in [-0.2, 0) is 28.6 Å². The van der Waals surface area contributed by atoms with E-state index in [0.717, 1.165) is 57.8 Å². The average Bonchev–Trinajstić information content (AvgIpc) is 3.46. The average molecular weight is 1130 g/mol. The first-order chi connectivity index (χ1) is 39.5. The Morgan fingerprint density at radius 3 is 0.500 bits per heavy atom. The van der Waals surface area contributed by atoms with Crippen LogP contribution in [0.15, 0.2) is 0 Å². The van der Waals surface area contributed by atoms with E-state index in [0.29, 0.717) is 19.3 Å². The van der Waals surface area contributed by atoms with Gasteiger partial charge in [-0.3, -0.25) is 14.4 Å². The number of esters is 3. The molecule has 0 aliphatic carbocycles. The van der Waals surface area contributed by atoms with E-state index in [2.05, 4.69) is 20.8 Å². The van der Waals surface area contributed by atoms with Gasteiger partial charge < -0.3 is 14.2 Å². The first-order valence-electron chi connectivity index (χ1n) is 37.0. The maximum atomic E-state index is 13.0. The van der Waals surface area contributed by atoms with E-state index >= 15 is 0 Å². The summed E-state index contributed by atoms with van der Waals surface area (Å²) in [4.78, 5) is 38.4. The van der Waals surface area contributed by atoms with Crippen molar-refractivity contribution in [2.24, 2.45) is 0 Å². The predicted molar refractivity (Wildman–Crippen MR) is 349 cm³/mol. The Balaban J connectivity index is 4.13. The molecule has 0 aliphatic heterocycles. The Morgan fingerprint density at radius 1 is 0.200 bits per heavy atom. The maximum absolute atomic E-state index is 13.0. The number of hydrogen-bond acceptors (Lipinski definition) is 6. The van der Waals surface area contributed by atoms with E-state index in [-0.39, 0.29) is 31.1 Å². The summed E-state index contributed by atoms with van der Waals surface area (Å²) in [5, 5.41) is 0. The van der Waals surface area contributed by atoms with Gasteiger partial charge in [-0.2, -0.15) is 0 Å². The molecule has 0 saturated heterocycles. The van der Waals surface area contributed by atoms with Crippen LogP contribution in [0.5, 0.6) is 0 Å². The summed E-state index contributed by atoms with van der Waals surface area (Å²) in [6.45, 7) is 6.74. The molecule has 80 heavy (non-hydrogen) atoms. The van der Waals surface area contributed by atoms with Crippen LogP contribution in [0.3, 0.4) is 0 Å². The highest BCUT2D eigenvalue weighted by atomic mass is 16.6. The van der Waals surface area contributed by atoms with Gasteiger partial charge in [-0.25, -0.2) is 0 Å². The Morgan fingerprint density at radius 2 is 0.338 bits per heavy atom. The van der Waals surface area contributed by atoms with E-state index in [1.165, 1.54) is 340 Å². The Labute approximate surface area is 501 Å². The second kappa shape index (κ2) is 69.9. The number of unbranched alkanes of at least 4 members (excludes halogenated alkanes) is 59. The van der Waals surface area contributed by atoms with E-state index in [1.807, 2.05) is 0 Å². The fraction of sp³-hybridized carbons (Fsp3) is 0.959. The van der Waals surface area contributed by atoms with Crippen molar-refractivity contribution in [2.75, 3.05) is 13.2 Å². The van der Waals surface area contributed by atoms with Gasteiger partial charge in [-0.05, 0) is 19.3 Å². The zero-order valence-electron chi connectivity index (χ0n) is 54.9. The van der Waals surface area contributed by atoms with Gasteiger partial charge in [0.15, 0.2) is 6.10 Å². The van der Waals surface area contributed by atoms with Gasteiger partial charge in [0.25, 0.3) is 0 Å². The third-order valence-electron chi connectivity index (χ3n) is 17.4. The molecule has 0 saturated carbocycles. The highest BCUT2D eigenvalue weighted by Crippen LogP contribution is 2.20. The lowest BCUT2D eigenvalue weighted by atomic mass is 10.0. The Bertz CT molecular complexity index is 1200. The van der Waals surface area contributed by atoms with Gasteiger partial charge in [0.1, 0.15) is 13.2 Å². The molecule has 0 spiro atoms. The number of hydrogen-bond donors (Lipinski definition) is 0. The Hall–Kier alpha value is -1.59. The summed E-state index contributed by atoms with van der Waals surface area (Å²) < 4.78 is 17.0. The van der Waals surface area contributed by atoms with Crippen molar-refractivity contribution < 1.29 is 28.6 Å².